The highest BCUT2D eigenvalue weighted by atomic mass is 79.9. The summed E-state index contributed by atoms with van der Waals surface area (Å²) >= 11 is 24.6. The van der Waals surface area contributed by atoms with Crippen molar-refractivity contribution in [1.29, 1.82) is 0 Å². The van der Waals surface area contributed by atoms with E-state index in [1.54, 1.807) is 30.3 Å². The number of rotatable bonds is 2. The Labute approximate surface area is 147 Å². The molecule has 0 atom stereocenters. The van der Waals surface area contributed by atoms with E-state index in [4.69, 9.17) is 34.8 Å². The van der Waals surface area contributed by atoms with Crippen LogP contribution in [0.25, 0.3) is 0 Å². The Morgan fingerprint density at radius 1 is 0.900 bits per heavy atom. The number of benzene rings is 2. The lowest BCUT2D eigenvalue weighted by molar-refractivity contribution is 0.102. The van der Waals surface area contributed by atoms with Crippen LogP contribution < -0.4 is 5.32 Å². The molecule has 0 fully saturated rings. The topological polar surface area (TPSA) is 29.1 Å². The maximum Gasteiger partial charge on any atom is 0.255 e. The molecule has 0 aliphatic rings. The van der Waals surface area contributed by atoms with Crippen LogP contribution in [-0.4, -0.2) is 5.91 Å². The second-order valence-electron chi connectivity index (χ2n) is 3.86. The maximum atomic E-state index is 12.2. The maximum absolute atomic E-state index is 12.2. The number of amides is 1. The molecule has 20 heavy (non-hydrogen) atoms. The predicted molar refractivity (Wildman–Crippen MR) is 91.3 cm³/mol. The Morgan fingerprint density at radius 2 is 1.45 bits per heavy atom. The summed E-state index contributed by atoms with van der Waals surface area (Å²) in [5.74, 6) is -0.348. The minimum Gasteiger partial charge on any atom is -0.319 e. The molecule has 2 aromatic rings. The van der Waals surface area contributed by atoms with Gasteiger partial charge in [-0.3, -0.25) is 4.79 Å². The zero-order chi connectivity index (χ0) is 14.9. The van der Waals surface area contributed by atoms with Gasteiger partial charge in [0.15, 0.2) is 0 Å². The van der Waals surface area contributed by atoms with Crippen molar-refractivity contribution in [3.05, 3.63) is 59.9 Å². The van der Waals surface area contributed by atoms with Crippen LogP contribution in [0, 0.1) is 0 Å². The van der Waals surface area contributed by atoms with Gasteiger partial charge in [-0.05, 0) is 30.3 Å². The van der Waals surface area contributed by atoms with E-state index in [1.165, 1.54) is 0 Å². The Kier molecular flexibility index (Phi) is 5.37. The Bertz CT molecular complexity index is 648. The fourth-order valence-corrected chi connectivity index (χ4v) is 3.70. The normalized spacial score (nSPS) is 10.4. The molecule has 1 amide bonds. The lowest BCUT2D eigenvalue weighted by Gasteiger charge is -2.10. The van der Waals surface area contributed by atoms with Crippen LogP contribution in [0.1, 0.15) is 10.4 Å². The van der Waals surface area contributed by atoms with Crippen molar-refractivity contribution in [3.8, 4) is 0 Å². The van der Waals surface area contributed by atoms with Crippen molar-refractivity contribution in [2.75, 3.05) is 5.32 Å². The number of anilines is 1. The molecule has 1 N–H and O–H groups in total. The molecule has 0 saturated heterocycles. The van der Waals surface area contributed by atoms with E-state index < -0.39 is 0 Å². The summed E-state index contributed by atoms with van der Waals surface area (Å²) in [4.78, 5) is 12.2. The zero-order valence-electron chi connectivity index (χ0n) is 9.68. The molecule has 0 unspecified atom stereocenters. The van der Waals surface area contributed by atoms with E-state index in [2.05, 4.69) is 37.2 Å². The molecule has 0 spiro atoms. The fraction of sp³-hybridized carbons (Fsp3) is 0. The second kappa shape index (κ2) is 6.67. The van der Waals surface area contributed by atoms with Crippen molar-refractivity contribution < 1.29 is 4.79 Å². The van der Waals surface area contributed by atoms with Gasteiger partial charge >= 0.3 is 0 Å². The van der Waals surface area contributed by atoms with Crippen molar-refractivity contribution in [2.45, 2.75) is 0 Å². The zero-order valence-corrected chi connectivity index (χ0v) is 15.1. The Morgan fingerprint density at radius 3 is 2.00 bits per heavy atom. The van der Waals surface area contributed by atoms with Gasteiger partial charge < -0.3 is 5.32 Å². The lowest BCUT2D eigenvalue weighted by Crippen LogP contribution is -2.12. The number of hydrogen-bond donors (Lipinski definition) is 1. The van der Waals surface area contributed by atoms with Crippen LogP contribution in [0.2, 0.25) is 15.1 Å². The first-order valence-electron chi connectivity index (χ1n) is 5.29. The minimum atomic E-state index is -0.348. The smallest absolute Gasteiger partial charge is 0.255 e. The average Bonchev–Trinajstić information content (AvgIpc) is 2.32. The summed E-state index contributed by atoms with van der Waals surface area (Å²) in [6.07, 6.45) is 0. The van der Waals surface area contributed by atoms with Crippen molar-refractivity contribution in [3.63, 3.8) is 0 Å². The van der Waals surface area contributed by atoms with Gasteiger partial charge in [0, 0.05) is 19.5 Å². The third kappa shape index (κ3) is 3.89. The number of carbonyl (C=O) groups is 1. The van der Waals surface area contributed by atoms with Gasteiger partial charge in [0.05, 0.1) is 15.7 Å². The van der Waals surface area contributed by atoms with Gasteiger partial charge in [-0.2, -0.15) is 0 Å². The molecule has 0 aromatic heterocycles. The highest BCUT2D eigenvalue weighted by Gasteiger charge is 2.13. The van der Waals surface area contributed by atoms with Crippen LogP contribution in [-0.2, 0) is 0 Å². The van der Waals surface area contributed by atoms with Crippen LogP contribution in [0.15, 0.2) is 39.3 Å². The highest BCUT2D eigenvalue weighted by Crippen LogP contribution is 2.34. The lowest BCUT2D eigenvalue weighted by atomic mass is 10.2. The molecule has 0 aliphatic carbocycles. The van der Waals surface area contributed by atoms with Crippen molar-refractivity contribution in [2.24, 2.45) is 0 Å². The molecular weight excluding hydrogens is 452 g/mol. The van der Waals surface area contributed by atoms with E-state index in [1.807, 2.05) is 0 Å². The van der Waals surface area contributed by atoms with Crippen molar-refractivity contribution >= 4 is 78.3 Å². The number of halogens is 5. The molecule has 2 aromatic carbocycles. The van der Waals surface area contributed by atoms with Gasteiger partial charge in [0.25, 0.3) is 5.91 Å². The van der Waals surface area contributed by atoms with E-state index in [0.717, 1.165) is 4.47 Å². The summed E-state index contributed by atoms with van der Waals surface area (Å²) in [6, 6.07) is 8.20. The van der Waals surface area contributed by atoms with Gasteiger partial charge in [-0.25, -0.2) is 0 Å². The molecule has 0 bridgehead atoms. The molecule has 7 heteroatoms. The highest BCUT2D eigenvalue weighted by molar-refractivity contribution is 9.10. The molecule has 0 aliphatic heterocycles. The van der Waals surface area contributed by atoms with Crippen LogP contribution >= 0.6 is 66.7 Å². The molecular formula is C13H6Br2Cl3NO. The first-order valence-corrected chi connectivity index (χ1v) is 8.01. The summed E-state index contributed by atoms with van der Waals surface area (Å²) < 4.78 is 1.44. The molecule has 0 saturated carbocycles. The Hall–Kier alpha value is -0.260. The van der Waals surface area contributed by atoms with E-state index in [0.29, 0.717) is 30.8 Å². The van der Waals surface area contributed by atoms with E-state index in [9.17, 15) is 4.79 Å². The monoisotopic (exact) mass is 455 g/mol. The summed E-state index contributed by atoms with van der Waals surface area (Å²) in [5, 5.41) is 3.82. The fourth-order valence-electron chi connectivity index (χ4n) is 1.53. The van der Waals surface area contributed by atoms with Gasteiger partial charge in [-0.15, -0.1) is 0 Å². The van der Waals surface area contributed by atoms with Crippen LogP contribution in [0.5, 0.6) is 0 Å². The molecule has 104 valence electrons. The van der Waals surface area contributed by atoms with Gasteiger partial charge in [0.1, 0.15) is 0 Å². The van der Waals surface area contributed by atoms with Gasteiger partial charge in [0.2, 0.25) is 0 Å². The molecule has 2 rings (SSSR count). The first-order chi connectivity index (χ1) is 9.36. The summed E-state index contributed by atoms with van der Waals surface area (Å²) in [7, 11) is 0. The standard InChI is InChI=1S/C13H6Br2Cl3NO/c14-7-1-6(2-9(16)3-7)13(20)19-12-10(17)4-8(15)5-11(12)18/h1-5H,(H,19,20). The number of carbonyl (C=O) groups excluding carboxylic acids is 1. The summed E-state index contributed by atoms with van der Waals surface area (Å²) in [6.45, 7) is 0. The van der Waals surface area contributed by atoms with E-state index >= 15 is 0 Å². The van der Waals surface area contributed by atoms with Crippen LogP contribution in [0.3, 0.4) is 0 Å². The number of hydrogen-bond acceptors (Lipinski definition) is 1. The largest absolute Gasteiger partial charge is 0.319 e. The molecule has 2 nitrogen and oxygen atoms in total. The van der Waals surface area contributed by atoms with Crippen molar-refractivity contribution in [1.82, 2.24) is 0 Å². The van der Waals surface area contributed by atoms with Crippen LogP contribution in [0.4, 0.5) is 5.69 Å². The van der Waals surface area contributed by atoms with E-state index in [-0.39, 0.29) is 5.91 Å². The average molecular weight is 458 g/mol. The Balaban J connectivity index is 2.32. The van der Waals surface area contributed by atoms with Gasteiger partial charge in [-0.1, -0.05) is 66.7 Å². The molecule has 0 heterocycles. The second-order valence-corrected chi connectivity index (χ2v) is 6.94. The number of nitrogens with one attached hydrogen (secondary N) is 1. The minimum absolute atomic E-state index is 0.346. The SMILES string of the molecule is O=C(Nc1c(Cl)cc(Br)cc1Cl)c1cc(Cl)cc(Br)c1. The quantitative estimate of drug-likeness (QED) is 0.553. The third-order valence-electron chi connectivity index (χ3n) is 2.37. The first kappa shape index (κ1) is 16.1. The summed E-state index contributed by atoms with van der Waals surface area (Å²) in [5.41, 5.74) is 0.761. The predicted octanol–water partition coefficient (Wildman–Crippen LogP) is 6.42. The molecule has 0 radical (unpaired) electrons. The third-order valence-corrected chi connectivity index (χ3v) is 4.10.